The van der Waals surface area contributed by atoms with Crippen molar-refractivity contribution in [3.8, 4) is 0 Å². The van der Waals surface area contributed by atoms with Crippen molar-refractivity contribution in [3.63, 3.8) is 0 Å². The van der Waals surface area contributed by atoms with Crippen molar-refractivity contribution in [1.82, 2.24) is 19.8 Å². The first-order valence-electron chi connectivity index (χ1n) is 9.07. The number of hydrogen-bond acceptors (Lipinski definition) is 5. The van der Waals surface area contributed by atoms with E-state index in [0.29, 0.717) is 23.8 Å². The lowest BCUT2D eigenvalue weighted by Crippen LogP contribution is -2.38. The van der Waals surface area contributed by atoms with E-state index in [-0.39, 0.29) is 17.9 Å². The van der Waals surface area contributed by atoms with Crippen LogP contribution in [0.15, 0.2) is 0 Å². The van der Waals surface area contributed by atoms with Gasteiger partial charge in [-0.1, -0.05) is 37.1 Å². The SMILES string of the molecule is CCCc1nnsc1C(=O)NC1CC(=O)N(CC2CCCCC2)C1. The van der Waals surface area contributed by atoms with E-state index in [1.165, 1.54) is 32.1 Å². The summed E-state index contributed by atoms with van der Waals surface area (Å²) in [6.07, 6.45) is 8.46. The normalized spacial score (nSPS) is 22.1. The molecule has 1 saturated carbocycles. The third-order valence-corrected chi connectivity index (χ3v) is 5.77. The van der Waals surface area contributed by atoms with E-state index in [1.54, 1.807) is 0 Å². The molecule has 2 amide bonds. The highest BCUT2D eigenvalue weighted by Crippen LogP contribution is 2.26. The fourth-order valence-corrected chi connectivity index (χ4v) is 4.37. The van der Waals surface area contributed by atoms with Crippen molar-refractivity contribution < 1.29 is 9.59 Å². The summed E-state index contributed by atoms with van der Waals surface area (Å²) in [6.45, 7) is 3.55. The summed E-state index contributed by atoms with van der Waals surface area (Å²) in [5.74, 6) is 0.673. The molecule has 1 unspecified atom stereocenters. The van der Waals surface area contributed by atoms with Gasteiger partial charge in [-0.2, -0.15) is 0 Å². The van der Waals surface area contributed by atoms with Gasteiger partial charge < -0.3 is 10.2 Å². The molecule has 0 radical (unpaired) electrons. The Kier molecular flexibility index (Phi) is 5.81. The number of amides is 2. The van der Waals surface area contributed by atoms with E-state index < -0.39 is 0 Å². The Morgan fingerprint density at radius 3 is 2.88 bits per heavy atom. The predicted octanol–water partition coefficient (Wildman–Crippen LogP) is 2.40. The zero-order valence-corrected chi connectivity index (χ0v) is 15.1. The van der Waals surface area contributed by atoms with Gasteiger partial charge in [0.25, 0.3) is 5.91 Å². The molecule has 1 aliphatic heterocycles. The van der Waals surface area contributed by atoms with Gasteiger partial charge in [0, 0.05) is 19.5 Å². The van der Waals surface area contributed by atoms with Crippen molar-refractivity contribution in [1.29, 1.82) is 0 Å². The molecule has 0 aromatic carbocycles. The number of aromatic nitrogens is 2. The van der Waals surface area contributed by atoms with E-state index in [2.05, 4.69) is 21.8 Å². The second-order valence-corrected chi connectivity index (χ2v) is 7.73. The zero-order chi connectivity index (χ0) is 16.9. The molecule has 6 nitrogen and oxygen atoms in total. The molecule has 0 bridgehead atoms. The van der Waals surface area contributed by atoms with Gasteiger partial charge in [-0.15, -0.1) is 5.10 Å². The summed E-state index contributed by atoms with van der Waals surface area (Å²) in [4.78, 5) is 27.2. The van der Waals surface area contributed by atoms with E-state index >= 15 is 0 Å². The van der Waals surface area contributed by atoms with Crippen molar-refractivity contribution in [2.45, 2.75) is 64.3 Å². The number of likely N-dealkylation sites (tertiary alicyclic amines) is 1. The highest BCUT2D eigenvalue weighted by molar-refractivity contribution is 7.08. The van der Waals surface area contributed by atoms with Crippen LogP contribution in [0.1, 0.15) is 67.2 Å². The van der Waals surface area contributed by atoms with E-state index in [0.717, 1.165) is 36.6 Å². The topological polar surface area (TPSA) is 75.2 Å². The number of hydrogen-bond donors (Lipinski definition) is 1. The molecule has 2 heterocycles. The Balaban J connectivity index is 1.53. The Morgan fingerprint density at radius 2 is 2.12 bits per heavy atom. The van der Waals surface area contributed by atoms with Gasteiger partial charge in [0.05, 0.1) is 11.7 Å². The van der Waals surface area contributed by atoms with Gasteiger partial charge in [-0.25, -0.2) is 0 Å². The van der Waals surface area contributed by atoms with Crippen LogP contribution in [-0.4, -0.2) is 45.4 Å². The van der Waals surface area contributed by atoms with Crippen LogP contribution in [0.5, 0.6) is 0 Å². The van der Waals surface area contributed by atoms with Gasteiger partial charge in [0.1, 0.15) is 4.88 Å². The molecule has 2 fully saturated rings. The van der Waals surface area contributed by atoms with Gasteiger partial charge >= 0.3 is 0 Å². The molecule has 1 aromatic heterocycles. The van der Waals surface area contributed by atoms with Crippen LogP contribution in [0, 0.1) is 5.92 Å². The predicted molar refractivity (Wildman–Crippen MR) is 92.9 cm³/mol. The van der Waals surface area contributed by atoms with Gasteiger partial charge in [0.2, 0.25) is 5.91 Å². The second kappa shape index (κ2) is 8.05. The van der Waals surface area contributed by atoms with Crippen LogP contribution in [0.3, 0.4) is 0 Å². The van der Waals surface area contributed by atoms with Crippen molar-refractivity contribution in [3.05, 3.63) is 10.6 Å². The largest absolute Gasteiger partial charge is 0.346 e. The molecule has 1 aromatic rings. The molecule has 1 saturated heterocycles. The fourth-order valence-electron chi connectivity index (χ4n) is 3.76. The van der Waals surface area contributed by atoms with E-state index in [9.17, 15) is 9.59 Å². The van der Waals surface area contributed by atoms with Crippen LogP contribution in [0.4, 0.5) is 0 Å². The second-order valence-electron chi connectivity index (χ2n) is 6.98. The number of rotatable bonds is 6. The van der Waals surface area contributed by atoms with Crippen molar-refractivity contribution in [2.24, 2.45) is 5.92 Å². The quantitative estimate of drug-likeness (QED) is 0.855. The summed E-state index contributed by atoms with van der Waals surface area (Å²) in [5, 5.41) is 7.05. The highest BCUT2D eigenvalue weighted by Gasteiger charge is 2.33. The zero-order valence-electron chi connectivity index (χ0n) is 14.3. The summed E-state index contributed by atoms with van der Waals surface area (Å²) >= 11 is 1.14. The summed E-state index contributed by atoms with van der Waals surface area (Å²) in [5.41, 5.74) is 0.767. The third-order valence-electron chi connectivity index (χ3n) is 5.00. The first-order valence-corrected chi connectivity index (χ1v) is 9.84. The van der Waals surface area contributed by atoms with Gasteiger partial charge in [0.15, 0.2) is 0 Å². The minimum Gasteiger partial charge on any atom is -0.346 e. The molecule has 7 heteroatoms. The van der Waals surface area contributed by atoms with Crippen LogP contribution in [0.2, 0.25) is 0 Å². The highest BCUT2D eigenvalue weighted by atomic mass is 32.1. The standard InChI is InChI=1S/C17H26N4O2S/c1-2-6-14-16(24-20-19-14)17(23)18-13-9-15(22)21(11-13)10-12-7-4-3-5-8-12/h12-13H,2-11H2,1H3,(H,18,23). The number of aryl methyl sites for hydroxylation is 1. The Bertz CT molecular complexity index is 583. The van der Waals surface area contributed by atoms with Crippen LogP contribution < -0.4 is 5.32 Å². The number of carbonyl (C=O) groups is 2. The van der Waals surface area contributed by atoms with Crippen LogP contribution >= 0.6 is 11.5 Å². The maximum absolute atomic E-state index is 12.5. The van der Waals surface area contributed by atoms with Crippen molar-refractivity contribution >= 4 is 23.3 Å². The molecule has 2 aliphatic rings. The molecular weight excluding hydrogens is 324 g/mol. The Morgan fingerprint density at radius 1 is 1.33 bits per heavy atom. The summed E-state index contributed by atoms with van der Waals surface area (Å²) < 4.78 is 3.90. The Hall–Kier alpha value is -1.50. The average molecular weight is 350 g/mol. The minimum atomic E-state index is -0.134. The third kappa shape index (κ3) is 4.12. The first kappa shape index (κ1) is 17.3. The number of carbonyl (C=O) groups excluding carboxylic acids is 2. The molecule has 0 spiro atoms. The molecule has 24 heavy (non-hydrogen) atoms. The lowest BCUT2D eigenvalue weighted by Gasteiger charge is -2.27. The lowest BCUT2D eigenvalue weighted by atomic mass is 9.89. The van der Waals surface area contributed by atoms with E-state index in [4.69, 9.17) is 0 Å². The maximum Gasteiger partial charge on any atom is 0.265 e. The molecule has 1 N–H and O–H groups in total. The molecule has 1 aliphatic carbocycles. The number of nitrogens with zero attached hydrogens (tertiary/aromatic N) is 3. The minimum absolute atomic E-state index is 0.0924. The maximum atomic E-state index is 12.5. The molecular formula is C17H26N4O2S. The molecule has 132 valence electrons. The summed E-state index contributed by atoms with van der Waals surface area (Å²) in [7, 11) is 0. The summed E-state index contributed by atoms with van der Waals surface area (Å²) in [6, 6.07) is -0.0924. The molecule has 3 rings (SSSR count). The lowest BCUT2D eigenvalue weighted by molar-refractivity contribution is -0.128. The van der Waals surface area contributed by atoms with Crippen LogP contribution in [0.25, 0.3) is 0 Å². The van der Waals surface area contributed by atoms with Gasteiger partial charge in [-0.05, 0) is 36.7 Å². The average Bonchev–Trinajstić information content (AvgIpc) is 3.16. The molecule has 1 atom stereocenters. The Labute approximate surface area is 147 Å². The van der Waals surface area contributed by atoms with E-state index in [1.807, 2.05) is 4.90 Å². The van der Waals surface area contributed by atoms with Crippen molar-refractivity contribution in [2.75, 3.05) is 13.1 Å². The van der Waals surface area contributed by atoms with Crippen LogP contribution in [-0.2, 0) is 11.2 Å². The first-order chi connectivity index (χ1) is 11.7. The monoisotopic (exact) mass is 350 g/mol. The fraction of sp³-hybridized carbons (Fsp3) is 0.765. The smallest absolute Gasteiger partial charge is 0.265 e. The van der Waals surface area contributed by atoms with Gasteiger partial charge in [-0.3, -0.25) is 9.59 Å². The number of nitrogens with one attached hydrogen (secondary N) is 1.